The number of benzene rings is 1. The van der Waals surface area contributed by atoms with Crippen LogP contribution in [0.15, 0.2) is 36.7 Å². The van der Waals surface area contributed by atoms with E-state index in [2.05, 4.69) is 21.0 Å². The normalized spacial score (nSPS) is 17.7. The Balaban J connectivity index is 1.59. The molecule has 3 N–H and O–H groups in total. The number of carbonyl (C=O) groups is 2. The van der Waals surface area contributed by atoms with Gasteiger partial charge in [0.1, 0.15) is 12.1 Å². The molecule has 1 aromatic carbocycles. The number of hydrogen-bond donors (Lipinski definition) is 3. The van der Waals surface area contributed by atoms with Crippen LogP contribution < -0.4 is 16.0 Å². The number of hydrogen-bond acceptors (Lipinski definition) is 5. The molecule has 1 aliphatic rings. The summed E-state index contributed by atoms with van der Waals surface area (Å²) in [6.07, 6.45) is 4.74. The van der Waals surface area contributed by atoms with Gasteiger partial charge in [0.2, 0.25) is 5.91 Å². The summed E-state index contributed by atoms with van der Waals surface area (Å²) in [5, 5.41) is 12.8. The molecular formula is C18H23N5O3. The lowest BCUT2D eigenvalue weighted by Gasteiger charge is -2.15. The van der Waals surface area contributed by atoms with Crippen LogP contribution in [-0.4, -0.2) is 41.4 Å². The minimum atomic E-state index is -0.498. The zero-order valence-corrected chi connectivity index (χ0v) is 14.9. The molecule has 2 aromatic rings. The van der Waals surface area contributed by atoms with Crippen molar-refractivity contribution in [3.63, 3.8) is 0 Å². The molecule has 8 heteroatoms. The molecule has 1 aromatic heterocycles. The van der Waals surface area contributed by atoms with Crippen molar-refractivity contribution in [1.29, 1.82) is 0 Å². The van der Waals surface area contributed by atoms with Crippen LogP contribution in [0, 0.1) is 0 Å². The minimum Gasteiger partial charge on any atom is -0.368 e. The second-order valence-electron chi connectivity index (χ2n) is 6.23. The molecule has 3 rings (SSSR count). The summed E-state index contributed by atoms with van der Waals surface area (Å²) in [6.45, 7) is 0.632. The fourth-order valence-electron chi connectivity index (χ4n) is 2.90. The highest BCUT2D eigenvalue weighted by Gasteiger charge is 2.23. The molecular weight excluding hydrogens is 334 g/mol. The highest BCUT2D eigenvalue weighted by molar-refractivity contribution is 5.97. The lowest BCUT2D eigenvalue weighted by Crippen LogP contribution is -2.30. The van der Waals surface area contributed by atoms with Gasteiger partial charge in [-0.05, 0) is 44.2 Å². The van der Waals surface area contributed by atoms with Crippen LogP contribution in [-0.2, 0) is 21.4 Å². The Morgan fingerprint density at radius 3 is 2.46 bits per heavy atom. The van der Waals surface area contributed by atoms with Gasteiger partial charge in [-0.2, -0.15) is 5.10 Å². The standard InChI is InChI=1S/C18H23N5O3/c1-19-16(12-10-20-23(2)11-12)18(25)22-14-7-5-13(6-8-14)21-17(24)15-4-3-9-26-15/h5-8,10-11,15-16,19H,3-4,9H2,1-2H3,(H,21,24)(H,22,25). The van der Waals surface area contributed by atoms with Crippen LogP contribution in [0.25, 0.3) is 0 Å². The quantitative estimate of drug-likeness (QED) is 0.727. The SMILES string of the molecule is CNC(C(=O)Nc1ccc(NC(=O)C2CCCO2)cc1)c1cnn(C)c1. The molecule has 0 radical (unpaired) electrons. The second-order valence-corrected chi connectivity index (χ2v) is 6.23. The summed E-state index contributed by atoms with van der Waals surface area (Å²) in [6, 6.07) is 6.50. The Bertz CT molecular complexity index is 765. The zero-order valence-electron chi connectivity index (χ0n) is 14.9. The minimum absolute atomic E-state index is 0.133. The van der Waals surface area contributed by atoms with Gasteiger partial charge in [0, 0.05) is 36.8 Å². The summed E-state index contributed by atoms with van der Waals surface area (Å²) < 4.78 is 7.01. The first-order chi connectivity index (χ1) is 12.6. The van der Waals surface area contributed by atoms with Gasteiger partial charge >= 0.3 is 0 Å². The van der Waals surface area contributed by atoms with Crippen molar-refractivity contribution in [2.24, 2.45) is 7.05 Å². The maximum atomic E-state index is 12.5. The summed E-state index contributed by atoms with van der Waals surface area (Å²) in [5.41, 5.74) is 2.10. The van der Waals surface area contributed by atoms with E-state index in [-0.39, 0.29) is 17.9 Å². The van der Waals surface area contributed by atoms with Gasteiger partial charge in [-0.1, -0.05) is 0 Å². The van der Waals surface area contributed by atoms with Gasteiger partial charge in [0.25, 0.3) is 5.91 Å². The van der Waals surface area contributed by atoms with Crippen molar-refractivity contribution < 1.29 is 14.3 Å². The Kier molecular flexibility index (Phi) is 5.65. The van der Waals surface area contributed by atoms with Crippen LogP contribution >= 0.6 is 0 Å². The van der Waals surface area contributed by atoms with Gasteiger partial charge in [-0.3, -0.25) is 14.3 Å². The first kappa shape index (κ1) is 18.1. The topological polar surface area (TPSA) is 97.3 Å². The van der Waals surface area contributed by atoms with Crippen LogP contribution in [0.3, 0.4) is 0 Å². The van der Waals surface area contributed by atoms with Gasteiger partial charge < -0.3 is 20.7 Å². The molecule has 26 heavy (non-hydrogen) atoms. The number of aryl methyl sites for hydroxylation is 1. The molecule has 0 saturated carbocycles. The van der Waals surface area contributed by atoms with E-state index in [0.29, 0.717) is 18.0 Å². The summed E-state index contributed by atoms with van der Waals surface area (Å²) in [4.78, 5) is 24.5. The number of ether oxygens (including phenoxy) is 1. The molecule has 0 bridgehead atoms. The van der Waals surface area contributed by atoms with Gasteiger partial charge in [-0.15, -0.1) is 0 Å². The fraction of sp³-hybridized carbons (Fsp3) is 0.389. The molecule has 0 aliphatic carbocycles. The number of rotatable bonds is 6. The van der Waals surface area contributed by atoms with E-state index < -0.39 is 6.04 Å². The second kappa shape index (κ2) is 8.11. The molecule has 1 saturated heterocycles. The monoisotopic (exact) mass is 357 g/mol. The fourth-order valence-corrected chi connectivity index (χ4v) is 2.90. The lowest BCUT2D eigenvalue weighted by molar-refractivity contribution is -0.124. The van der Waals surface area contributed by atoms with Crippen molar-refractivity contribution in [1.82, 2.24) is 15.1 Å². The van der Waals surface area contributed by atoms with E-state index in [1.807, 2.05) is 0 Å². The Morgan fingerprint density at radius 2 is 1.92 bits per heavy atom. The van der Waals surface area contributed by atoms with Crippen molar-refractivity contribution in [2.45, 2.75) is 25.0 Å². The number of nitrogens with one attached hydrogen (secondary N) is 3. The number of carbonyl (C=O) groups excluding carboxylic acids is 2. The van der Waals surface area contributed by atoms with Crippen LogP contribution in [0.4, 0.5) is 11.4 Å². The van der Waals surface area contributed by atoms with Gasteiger partial charge in [0.05, 0.1) is 6.20 Å². The van der Waals surface area contributed by atoms with E-state index >= 15 is 0 Å². The first-order valence-electron chi connectivity index (χ1n) is 8.56. The number of aromatic nitrogens is 2. The third-order valence-corrected chi connectivity index (χ3v) is 4.25. The van der Waals surface area contributed by atoms with Crippen LogP contribution in [0.2, 0.25) is 0 Å². The smallest absolute Gasteiger partial charge is 0.253 e. The first-order valence-corrected chi connectivity index (χ1v) is 8.56. The Labute approximate surface area is 151 Å². The van der Waals surface area contributed by atoms with E-state index in [1.165, 1.54) is 0 Å². The van der Waals surface area contributed by atoms with Crippen molar-refractivity contribution >= 4 is 23.2 Å². The number of anilines is 2. The van der Waals surface area contributed by atoms with Crippen molar-refractivity contribution in [3.8, 4) is 0 Å². The van der Waals surface area contributed by atoms with Crippen molar-refractivity contribution in [3.05, 3.63) is 42.2 Å². The van der Waals surface area contributed by atoms with E-state index in [1.54, 1.807) is 55.4 Å². The summed E-state index contributed by atoms with van der Waals surface area (Å²) >= 11 is 0. The average Bonchev–Trinajstić information content (AvgIpc) is 3.29. The third kappa shape index (κ3) is 4.27. The largest absolute Gasteiger partial charge is 0.368 e. The molecule has 1 fully saturated rings. The van der Waals surface area contributed by atoms with Gasteiger partial charge in [-0.25, -0.2) is 0 Å². The summed E-state index contributed by atoms with van der Waals surface area (Å²) in [5.74, 6) is -0.317. The number of amides is 2. The van der Waals surface area contributed by atoms with Crippen molar-refractivity contribution in [2.75, 3.05) is 24.3 Å². The Hall–Kier alpha value is -2.71. The molecule has 2 atom stereocenters. The number of likely N-dealkylation sites (N-methyl/N-ethyl adjacent to an activating group) is 1. The number of nitrogens with zero attached hydrogens (tertiary/aromatic N) is 2. The molecule has 2 amide bonds. The maximum Gasteiger partial charge on any atom is 0.253 e. The Morgan fingerprint density at radius 1 is 1.23 bits per heavy atom. The average molecular weight is 357 g/mol. The van der Waals surface area contributed by atoms with Gasteiger partial charge in [0.15, 0.2) is 0 Å². The summed E-state index contributed by atoms with van der Waals surface area (Å²) in [7, 11) is 3.53. The zero-order chi connectivity index (χ0) is 18.5. The molecule has 2 heterocycles. The predicted octanol–water partition coefficient (Wildman–Crippen LogP) is 1.44. The third-order valence-electron chi connectivity index (χ3n) is 4.25. The predicted molar refractivity (Wildman–Crippen MR) is 97.7 cm³/mol. The molecule has 8 nitrogen and oxygen atoms in total. The van der Waals surface area contributed by atoms with Crippen LogP contribution in [0.1, 0.15) is 24.4 Å². The van der Waals surface area contributed by atoms with Crippen LogP contribution in [0.5, 0.6) is 0 Å². The highest BCUT2D eigenvalue weighted by atomic mass is 16.5. The molecule has 0 spiro atoms. The lowest BCUT2D eigenvalue weighted by atomic mass is 10.1. The maximum absolute atomic E-state index is 12.5. The highest BCUT2D eigenvalue weighted by Crippen LogP contribution is 2.19. The molecule has 138 valence electrons. The van der Waals surface area contributed by atoms with E-state index in [9.17, 15) is 9.59 Å². The van der Waals surface area contributed by atoms with E-state index in [0.717, 1.165) is 18.4 Å². The molecule has 1 aliphatic heterocycles. The van der Waals surface area contributed by atoms with E-state index in [4.69, 9.17) is 4.74 Å². The molecule has 2 unspecified atom stereocenters.